The van der Waals surface area contributed by atoms with E-state index in [1.165, 1.54) is 10.6 Å². The van der Waals surface area contributed by atoms with Gasteiger partial charge in [-0.15, -0.1) is 0 Å². The number of benzene rings is 1. The van der Waals surface area contributed by atoms with Crippen LogP contribution < -0.4 is 10.6 Å². The van der Waals surface area contributed by atoms with E-state index < -0.39 is 35.3 Å². The third kappa shape index (κ3) is 4.23. The maximum absolute atomic E-state index is 13.5. The monoisotopic (exact) mass is 477 g/mol. The molecule has 1 aliphatic rings. The van der Waals surface area contributed by atoms with Crippen molar-refractivity contribution in [3.63, 3.8) is 0 Å². The summed E-state index contributed by atoms with van der Waals surface area (Å²) in [4.78, 5) is 42.5. The van der Waals surface area contributed by atoms with Gasteiger partial charge < -0.3 is 19.7 Å². The van der Waals surface area contributed by atoms with E-state index in [0.29, 0.717) is 30.9 Å². The molecule has 12 heteroatoms. The first-order chi connectivity index (χ1) is 15.7. The van der Waals surface area contributed by atoms with Crippen LogP contribution in [0.5, 0.6) is 0 Å². The van der Waals surface area contributed by atoms with Gasteiger partial charge in [0.05, 0.1) is 10.6 Å². The van der Waals surface area contributed by atoms with E-state index in [4.69, 9.17) is 16.1 Å². The molecule has 3 heterocycles. The summed E-state index contributed by atoms with van der Waals surface area (Å²) in [6.45, 7) is 3.58. The van der Waals surface area contributed by atoms with Gasteiger partial charge in [-0.3, -0.25) is 14.4 Å². The Morgan fingerprint density at radius 3 is 2.67 bits per heavy atom. The van der Waals surface area contributed by atoms with Crippen LogP contribution in [0.2, 0.25) is 5.02 Å². The van der Waals surface area contributed by atoms with Gasteiger partial charge in [-0.1, -0.05) is 16.8 Å². The van der Waals surface area contributed by atoms with Crippen LogP contribution >= 0.6 is 11.6 Å². The molecule has 0 bridgehead atoms. The van der Waals surface area contributed by atoms with Crippen LogP contribution in [0.25, 0.3) is 0 Å². The molecule has 9 nitrogen and oxygen atoms in total. The highest BCUT2D eigenvalue weighted by Crippen LogP contribution is 2.34. The summed E-state index contributed by atoms with van der Waals surface area (Å²) in [5.74, 6) is -4.27. The zero-order chi connectivity index (χ0) is 23.9. The molecule has 1 unspecified atom stereocenters. The molecule has 0 spiro atoms. The minimum absolute atomic E-state index is 0.00984. The molecule has 1 aromatic carbocycles. The summed E-state index contributed by atoms with van der Waals surface area (Å²) in [5, 5.41) is 8.38. The van der Waals surface area contributed by atoms with Crippen molar-refractivity contribution in [2.24, 2.45) is 0 Å². The van der Waals surface area contributed by atoms with Crippen LogP contribution in [-0.4, -0.2) is 32.3 Å². The highest BCUT2D eigenvalue weighted by atomic mass is 35.5. The normalized spacial score (nSPS) is 13.5. The summed E-state index contributed by atoms with van der Waals surface area (Å²) in [7, 11) is 0. The SMILES string of the molecule is Cc1noc(C(C)NC(=O)C(=O)c2c(Cl)c(C(=O)Nc3ccc(F)c(F)c3)c3n2CCC3)n1. The molecule has 4 rings (SSSR count). The van der Waals surface area contributed by atoms with Crippen molar-refractivity contribution in [1.29, 1.82) is 0 Å². The molecular weight excluding hydrogens is 460 g/mol. The first-order valence-electron chi connectivity index (χ1n) is 10.00. The van der Waals surface area contributed by atoms with E-state index in [0.717, 1.165) is 12.1 Å². The minimum Gasteiger partial charge on any atom is -0.340 e. The van der Waals surface area contributed by atoms with Gasteiger partial charge in [-0.25, -0.2) is 8.78 Å². The molecule has 2 N–H and O–H groups in total. The molecule has 33 heavy (non-hydrogen) atoms. The number of aromatic nitrogens is 3. The molecular formula is C21H18ClF2N5O4. The largest absolute Gasteiger partial charge is 0.340 e. The number of amides is 2. The van der Waals surface area contributed by atoms with Crippen LogP contribution in [0.3, 0.4) is 0 Å². The fourth-order valence-corrected chi connectivity index (χ4v) is 4.07. The van der Waals surface area contributed by atoms with E-state index in [-0.39, 0.29) is 27.9 Å². The maximum Gasteiger partial charge on any atom is 0.294 e. The summed E-state index contributed by atoms with van der Waals surface area (Å²) >= 11 is 6.40. The fourth-order valence-electron chi connectivity index (χ4n) is 3.69. The second-order valence-electron chi connectivity index (χ2n) is 7.53. The molecule has 0 fully saturated rings. The number of aryl methyl sites for hydroxylation is 1. The number of carbonyl (C=O) groups is 3. The zero-order valence-electron chi connectivity index (χ0n) is 17.5. The Kier molecular flexibility index (Phi) is 5.98. The Labute approximate surface area is 191 Å². The Balaban J connectivity index is 1.60. The Bertz CT molecular complexity index is 1290. The van der Waals surface area contributed by atoms with Gasteiger partial charge in [-0.05, 0) is 38.8 Å². The van der Waals surface area contributed by atoms with Gasteiger partial charge in [0, 0.05) is 24.0 Å². The number of hydrogen-bond donors (Lipinski definition) is 2. The molecule has 0 saturated heterocycles. The fraction of sp³-hybridized carbons (Fsp3) is 0.286. The smallest absolute Gasteiger partial charge is 0.294 e. The highest BCUT2D eigenvalue weighted by Gasteiger charge is 2.35. The van der Waals surface area contributed by atoms with Gasteiger partial charge >= 0.3 is 0 Å². The number of fused-ring (bicyclic) bond motifs is 1. The molecule has 0 saturated carbocycles. The summed E-state index contributed by atoms with van der Waals surface area (Å²) in [5.41, 5.74) is 0.389. The molecule has 0 radical (unpaired) electrons. The second-order valence-corrected chi connectivity index (χ2v) is 7.90. The van der Waals surface area contributed by atoms with Crippen molar-refractivity contribution < 1.29 is 27.7 Å². The van der Waals surface area contributed by atoms with Gasteiger partial charge in [-0.2, -0.15) is 4.98 Å². The lowest BCUT2D eigenvalue weighted by atomic mass is 10.1. The average Bonchev–Trinajstić information content (AvgIpc) is 3.46. The number of nitrogens with one attached hydrogen (secondary N) is 2. The number of anilines is 1. The van der Waals surface area contributed by atoms with Crippen molar-refractivity contribution in [1.82, 2.24) is 20.0 Å². The van der Waals surface area contributed by atoms with Crippen LogP contribution in [0.15, 0.2) is 22.7 Å². The zero-order valence-corrected chi connectivity index (χ0v) is 18.3. The molecule has 172 valence electrons. The summed E-state index contributed by atoms with van der Waals surface area (Å²) in [6, 6.07) is 2.17. The molecule has 1 aliphatic heterocycles. The molecule has 0 aliphatic carbocycles. The second kappa shape index (κ2) is 8.74. The lowest BCUT2D eigenvalue weighted by molar-refractivity contribution is -0.117. The molecule has 1 atom stereocenters. The Morgan fingerprint density at radius 1 is 1.24 bits per heavy atom. The average molecular weight is 478 g/mol. The topological polar surface area (TPSA) is 119 Å². The minimum atomic E-state index is -1.13. The Morgan fingerprint density at radius 2 is 2.00 bits per heavy atom. The standard InChI is InChI=1S/C21H18ClF2N5O4/c1-9(21-26-10(2)28-33-21)25-20(32)18(30)17-16(22)15(14-4-3-7-29(14)17)19(31)27-11-5-6-12(23)13(24)8-11/h5-6,8-9H,3-4,7H2,1-2H3,(H,25,32)(H,27,31). The third-order valence-corrected chi connectivity index (χ3v) is 5.56. The van der Waals surface area contributed by atoms with Gasteiger partial charge in [0.1, 0.15) is 11.7 Å². The predicted molar refractivity (Wildman–Crippen MR) is 112 cm³/mol. The number of carbonyl (C=O) groups excluding carboxylic acids is 3. The van der Waals surface area contributed by atoms with Gasteiger partial charge in [0.2, 0.25) is 5.89 Å². The van der Waals surface area contributed by atoms with Crippen molar-refractivity contribution >= 4 is 34.9 Å². The molecule has 2 amide bonds. The van der Waals surface area contributed by atoms with E-state index in [1.807, 2.05) is 0 Å². The number of hydrogen-bond acceptors (Lipinski definition) is 6. The quantitative estimate of drug-likeness (QED) is 0.415. The number of Topliss-reactive ketones (excluding diaryl/α,β-unsaturated/α-hetero) is 1. The van der Waals surface area contributed by atoms with E-state index in [1.54, 1.807) is 13.8 Å². The van der Waals surface area contributed by atoms with Crippen LogP contribution in [0, 0.1) is 18.6 Å². The predicted octanol–water partition coefficient (Wildman–Crippen LogP) is 3.37. The van der Waals surface area contributed by atoms with Gasteiger partial charge in [0.15, 0.2) is 17.5 Å². The maximum atomic E-state index is 13.5. The van der Waals surface area contributed by atoms with Crippen LogP contribution in [0.1, 0.15) is 57.6 Å². The third-order valence-electron chi connectivity index (χ3n) is 5.19. The van der Waals surface area contributed by atoms with Crippen molar-refractivity contribution in [3.8, 4) is 0 Å². The number of rotatable bonds is 6. The first-order valence-corrected chi connectivity index (χ1v) is 10.4. The number of ketones is 1. The van der Waals surface area contributed by atoms with E-state index >= 15 is 0 Å². The highest BCUT2D eigenvalue weighted by molar-refractivity contribution is 6.48. The van der Waals surface area contributed by atoms with E-state index in [9.17, 15) is 23.2 Å². The van der Waals surface area contributed by atoms with Crippen LogP contribution in [-0.2, 0) is 17.8 Å². The first kappa shape index (κ1) is 22.6. The number of halogens is 3. The van der Waals surface area contributed by atoms with Crippen molar-refractivity contribution in [3.05, 3.63) is 63.5 Å². The molecule has 2 aromatic heterocycles. The lowest BCUT2D eigenvalue weighted by Gasteiger charge is -2.10. The van der Waals surface area contributed by atoms with Gasteiger partial charge in [0.25, 0.3) is 17.6 Å². The van der Waals surface area contributed by atoms with Crippen molar-refractivity contribution in [2.75, 3.05) is 5.32 Å². The van der Waals surface area contributed by atoms with Crippen LogP contribution in [0.4, 0.5) is 14.5 Å². The Hall–Kier alpha value is -3.60. The van der Waals surface area contributed by atoms with Crippen molar-refractivity contribution in [2.45, 2.75) is 39.3 Å². The summed E-state index contributed by atoms with van der Waals surface area (Å²) in [6.07, 6.45) is 1.09. The summed E-state index contributed by atoms with van der Waals surface area (Å²) < 4.78 is 33.2. The molecule has 3 aromatic rings. The lowest BCUT2D eigenvalue weighted by Crippen LogP contribution is -2.34. The van der Waals surface area contributed by atoms with E-state index in [2.05, 4.69) is 20.8 Å². The number of nitrogens with zero attached hydrogens (tertiary/aromatic N) is 3.